The molecule has 1 heterocycles. The molecule has 0 aliphatic carbocycles. The highest BCUT2D eigenvalue weighted by Crippen LogP contribution is 2.19. The van der Waals surface area contributed by atoms with E-state index in [2.05, 4.69) is 76.7 Å². The third-order valence-electron chi connectivity index (χ3n) is 5.30. The molecule has 0 radical (unpaired) electrons. The van der Waals surface area contributed by atoms with Crippen molar-refractivity contribution in [3.8, 4) is 0 Å². The van der Waals surface area contributed by atoms with Crippen LogP contribution in [-0.4, -0.2) is 68.6 Å². The van der Waals surface area contributed by atoms with Crippen LogP contribution in [0.3, 0.4) is 0 Å². The average Bonchev–Trinajstić information content (AvgIpc) is 3.06. The van der Waals surface area contributed by atoms with Crippen molar-refractivity contribution in [3.05, 3.63) is 35.9 Å². The molecule has 2 atom stereocenters. The van der Waals surface area contributed by atoms with Crippen molar-refractivity contribution in [2.45, 2.75) is 38.8 Å². The molecule has 1 aromatic rings. The Hall–Kier alpha value is -0.860. The van der Waals surface area contributed by atoms with Crippen molar-refractivity contribution in [2.24, 2.45) is 4.99 Å². The Morgan fingerprint density at radius 2 is 1.92 bits per heavy atom. The standard InChI is InChI=1S/C20H35N5.HI/c1-5-25(6-2)19(17-11-8-7-9-12-17)16-23-20(21-3)22-15-18-13-10-14-24(18)4;/h7-9,11-12,18-19H,5-6,10,13-16H2,1-4H3,(H2,21,22,23);1H. The molecule has 0 aromatic heterocycles. The van der Waals surface area contributed by atoms with Gasteiger partial charge in [-0.2, -0.15) is 0 Å². The summed E-state index contributed by atoms with van der Waals surface area (Å²) in [6.45, 7) is 9.54. The van der Waals surface area contributed by atoms with Gasteiger partial charge in [0.2, 0.25) is 0 Å². The number of hydrogen-bond donors (Lipinski definition) is 2. The van der Waals surface area contributed by atoms with Gasteiger partial charge in [0.05, 0.1) is 6.04 Å². The zero-order chi connectivity index (χ0) is 18.1. The van der Waals surface area contributed by atoms with Crippen molar-refractivity contribution in [2.75, 3.05) is 46.8 Å². The summed E-state index contributed by atoms with van der Waals surface area (Å²) in [5.41, 5.74) is 1.35. The van der Waals surface area contributed by atoms with Crippen LogP contribution in [0.5, 0.6) is 0 Å². The highest BCUT2D eigenvalue weighted by Gasteiger charge is 2.21. The van der Waals surface area contributed by atoms with Gasteiger partial charge in [-0.25, -0.2) is 0 Å². The Bertz CT molecular complexity index is 518. The molecule has 2 unspecified atom stereocenters. The molecule has 1 fully saturated rings. The summed E-state index contributed by atoms with van der Waals surface area (Å²) >= 11 is 0. The van der Waals surface area contributed by atoms with Crippen molar-refractivity contribution in [1.29, 1.82) is 0 Å². The topological polar surface area (TPSA) is 42.9 Å². The minimum Gasteiger partial charge on any atom is -0.355 e. The average molecular weight is 473 g/mol. The van der Waals surface area contributed by atoms with E-state index < -0.39 is 0 Å². The molecular weight excluding hydrogens is 437 g/mol. The summed E-state index contributed by atoms with van der Waals surface area (Å²) in [5.74, 6) is 0.897. The van der Waals surface area contributed by atoms with Crippen LogP contribution in [-0.2, 0) is 0 Å². The van der Waals surface area contributed by atoms with Gasteiger partial charge in [-0.15, -0.1) is 24.0 Å². The van der Waals surface area contributed by atoms with Gasteiger partial charge < -0.3 is 15.5 Å². The molecule has 1 aromatic carbocycles. The van der Waals surface area contributed by atoms with Gasteiger partial charge in [0.25, 0.3) is 0 Å². The van der Waals surface area contributed by atoms with E-state index in [0.29, 0.717) is 12.1 Å². The molecule has 148 valence electrons. The molecule has 1 aliphatic rings. The van der Waals surface area contributed by atoms with Gasteiger partial charge in [0.1, 0.15) is 0 Å². The van der Waals surface area contributed by atoms with Crippen molar-refractivity contribution in [1.82, 2.24) is 20.4 Å². The van der Waals surface area contributed by atoms with E-state index in [1.807, 2.05) is 7.05 Å². The quantitative estimate of drug-likeness (QED) is 0.346. The van der Waals surface area contributed by atoms with Crippen LogP contribution in [0.2, 0.25) is 0 Å². The second kappa shape index (κ2) is 12.5. The Morgan fingerprint density at radius 1 is 1.23 bits per heavy atom. The summed E-state index contributed by atoms with van der Waals surface area (Å²) in [5, 5.41) is 7.04. The lowest BCUT2D eigenvalue weighted by Gasteiger charge is -2.31. The van der Waals surface area contributed by atoms with Gasteiger partial charge in [-0.3, -0.25) is 9.89 Å². The van der Waals surface area contributed by atoms with Crippen LogP contribution < -0.4 is 10.6 Å². The summed E-state index contributed by atoms with van der Waals surface area (Å²) in [6.07, 6.45) is 2.57. The largest absolute Gasteiger partial charge is 0.355 e. The monoisotopic (exact) mass is 473 g/mol. The number of aliphatic imine (C=N–C) groups is 1. The van der Waals surface area contributed by atoms with E-state index in [4.69, 9.17) is 0 Å². The second-order valence-electron chi connectivity index (χ2n) is 6.76. The first-order valence-electron chi connectivity index (χ1n) is 9.63. The van der Waals surface area contributed by atoms with Crippen LogP contribution in [0.4, 0.5) is 0 Å². The lowest BCUT2D eigenvalue weighted by molar-refractivity contribution is 0.219. The number of rotatable bonds is 8. The number of guanidine groups is 1. The zero-order valence-corrected chi connectivity index (χ0v) is 19.1. The molecule has 2 N–H and O–H groups in total. The molecule has 2 rings (SSSR count). The van der Waals surface area contributed by atoms with Gasteiger partial charge in [0, 0.05) is 26.2 Å². The molecule has 0 amide bonds. The van der Waals surface area contributed by atoms with E-state index in [0.717, 1.165) is 32.1 Å². The van der Waals surface area contributed by atoms with Gasteiger partial charge >= 0.3 is 0 Å². The van der Waals surface area contributed by atoms with Gasteiger partial charge in [0.15, 0.2) is 5.96 Å². The normalized spacial score (nSPS) is 19.3. The fraction of sp³-hybridized carbons (Fsp3) is 0.650. The number of nitrogens with zero attached hydrogens (tertiary/aromatic N) is 3. The van der Waals surface area contributed by atoms with Crippen LogP contribution in [0.15, 0.2) is 35.3 Å². The highest BCUT2D eigenvalue weighted by molar-refractivity contribution is 14.0. The third-order valence-corrected chi connectivity index (χ3v) is 5.30. The third kappa shape index (κ3) is 6.70. The van der Waals surface area contributed by atoms with Crippen LogP contribution in [0.25, 0.3) is 0 Å². The first-order chi connectivity index (χ1) is 12.2. The Labute approximate surface area is 176 Å². The summed E-state index contributed by atoms with van der Waals surface area (Å²) in [7, 11) is 4.06. The first-order valence-corrected chi connectivity index (χ1v) is 9.63. The molecule has 0 bridgehead atoms. The fourth-order valence-electron chi connectivity index (χ4n) is 3.66. The summed E-state index contributed by atoms with van der Waals surface area (Å²) in [4.78, 5) is 9.33. The molecule has 0 saturated carbocycles. The molecule has 5 nitrogen and oxygen atoms in total. The number of hydrogen-bond acceptors (Lipinski definition) is 3. The summed E-state index contributed by atoms with van der Waals surface area (Å²) in [6, 6.07) is 11.7. The van der Waals surface area contributed by atoms with Gasteiger partial charge in [-0.05, 0) is 45.1 Å². The van der Waals surface area contributed by atoms with Crippen LogP contribution >= 0.6 is 24.0 Å². The fourth-order valence-corrected chi connectivity index (χ4v) is 3.66. The first kappa shape index (κ1) is 23.2. The van der Waals surface area contributed by atoms with Crippen molar-refractivity contribution < 1.29 is 0 Å². The van der Waals surface area contributed by atoms with Crippen LogP contribution in [0.1, 0.15) is 38.3 Å². The molecule has 1 saturated heterocycles. The van der Waals surface area contributed by atoms with E-state index in [-0.39, 0.29) is 24.0 Å². The van der Waals surface area contributed by atoms with Crippen molar-refractivity contribution >= 4 is 29.9 Å². The maximum Gasteiger partial charge on any atom is 0.191 e. The van der Waals surface area contributed by atoms with E-state index in [1.54, 1.807) is 0 Å². The lowest BCUT2D eigenvalue weighted by Crippen LogP contribution is -2.46. The number of halogens is 1. The predicted octanol–water partition coefficient (Wildman–Crippen LogP) is 2.95. The Morgan fingerprint density at radius 3 is 2.46 bits per heavy atom. The Balaban J connectivity index is 0.00000338. The number of benzene rings is 1. The second-order valence-corrected chi connectivity index (χ2v) is 6.76. The smallest absolute Gasteiger partial charge is 0.191 e. The molecule has 0 spiro atoms. The number of nitrogens with one attached hydrogen (secondary N) is 2. The van der Waals surface area contributed by atoms with Crippen LogP contribution in [0, 0.1) is 0 Å². The van der Waals surface area contributed by atoms with E-state index in [9.17, 15) is 0 Å². The molecule has 6 heteroatoms. The number of likely N-dealkylation sites (N-methyl/N-ethyl adjacent to an activating group) is 2. The minimum atomic E-state index is 0. The highest BCUT2D eigenvalue weighted by atomic mass is 127. The summed E-state index contributed by atoms with van der Waals surface area (Å²) < 4.78 is 0. The Kier molecular flexibility index (Phi) is 11.2. The number of likely N-dealkylation sites (tertiary alicyclic amines) is 1. The molecule has 26 heavy (non-hydrogen) atoms. The van der Waals surface area contributed by atoms with E-state index in [1.165, 1.54) is 24.9 Å². The molecular formula is C20H36IN5. The molecule has 1 aliphatic heterocycles. The van der Waals surface area contributed by atoms with Crippen molar-refractivity contribution in [3.63, 3.8) is 0 Å². The van der Waals surface area contributed by atoms with Gasteiger partial charge in [-0.1, -0.05) is 44.2 Å². The maximum atomic E-state index is 4.41. The minimum absolute atomic E-state index is 0. The lowest BCUT2D eigenvalue weighted by atomic mass is 10.1. The van der Waals surface area contributed by atoms with E-state index >= 15 is 0 Å². The maximum absolute atomic E-state index is 4.41. The predicted molar refractivity (Wildman–Crippen MR) is 123 cm³/mol. The SMILES string of the molecule is CCN(CC)C(CNC(=NC)NCC1CCCN1C)c1ccccc1.I. The zero-order valence-electron chi connectivity index (χ0n) is 16.7.